The lowest BCUT2D eigenvalue weighted by Crippen LogP contribution is -2.42. The summed E-state index contributed by atoms with van der Waals surface area (Å²) in [5.74, 6) is 0.121. The molecule has 1 aliphatic rings. The van der Waals surface area contributed by atoms with E-state index in [4.69, 9.17) is 11.5 Å². The summed E-state index contributed by atoms with van der Waals surface area (Å²) in [6.07, 6.45) is 2.33. The summed E-state index contributed by atoms with van der Waals surface area (Å²) < 4.78 is 0.911. The van der Waals surface area contributed by atoms with Crippen LogP contribution in [0.3, 0.4) is 0 Å². The first kappa shape index (κ1) is 14.3. The minimum atomic E-state index is -0.403. The first-order chi connectivity index (χ1) is 8.99. The third-order valence-corrected chi connectivity index (χ3v) is 4.41. The van der Waals surface area contributed by atoms with Gasteiger partial charge in [-0.15, -0.1) is 0 Å². The Hall–Kier alpha value is -1.07. The average molecular weight is 326 g/mol. The topological polar surface area (TPSA) is 72.3 Å². The number of nitrogens with two attached hydrogens (primary N) is 2. The van der Waals surface area contributed by atoms with Gasteiger partial charge in [0.05, 0.1) is 5.69 Å². The summed E-state index contributed by atoms with van der Waals surface area (Å²) in [6, 6.07) is 5.73. The van der Waals surface area contributed by atoms with Gasteiger partial charge in [0, 0.05) is 29.2 Å². The number of carbonyl (C=O) groups excluding carboxylic acids is 1. The number of piperidine rings is 1. The van der Waals surface area contributed by atoms with Crippen molar-refractivity contribution >= 4 is 27.5 Å². The molecule has 0 radical (unpaired) electrons. The first-order valence-electron chi connectivity index (χ1n) is 6.59. The number of hydrogen-bond donors (Lipinski definition) is 2. The highest BCUT2D eigenvalue weighted by Crippen LogP contribution is 2.31. The third kappa shape index (κ3) is 3.28. The second kappa shape index (κ2) is 5.92. The van der Waals surface area contributed by atoms with Gasteiger partial charge in [0.1, 0.15) is 0 Å². The number of primary amides is 1. The zero-order valence-corrected chi connectivity index (χ0v) is 12.7. The van der Waals surface area contributed by atoms with Crippen LogP contribution in [-0.4, -0.2) is 25.0 Å². The van der Waals surface area contributed by atoms with E-state index >= 15 is 0 Å². The molecule has 1 fully saturated rings. The molecule has 4 N–H and O–H groups in total. The summed E-state index contributed by atoms with van der Waals surface area (Å²) in [5, 5.41) is 0. The smallest absolute Gasteiger partial charge is 0.248 e. The number of amides is 1. The molecule has 2 atom stereocenters. The van der Waals surface area contributed by atoms with Crippen molar-refractivity contribution in [3.8, 4) is 0 Å². The molecule has 1 saturated heterocycles. The Morgan fingerprint density at radius 2 is 2.26 bits per heavy atom. The van der Waals surface area contributed by atoms with Crippen molar-refractivity contribution in [1.82, 2.24) is 0 Å². The largest absolute Gasteiger partial charge is 0.370 e. The molecule has 1 amide bonds. The van der Waals surface area contributed by atoms with Crippen LogP contribution in [0.25, 0.3) is 0 Å². The van der Waals surface area contributed by atoms with Crippen LogP contribution in [0.5, 0.6) is 0 Å². The first-order valence-corrected chi connectivity index (χ1v) is 7.38. The fraction of sp³-hybridized carbons (Fsp3) is 0.500. The quantitative estimate of drug-likeness (QED) is 0.894. The third-order valence-electron chi connectivity index (χ3n) is 3.77. The van der Waals surface area contributed by atoms with Gasteiger partial charge in [0.15, 0.2) is 0 Å². The molecule has 0 bridgehead atoms. The maximum atomic E-state index is 11.2. The van der Waals surface area contributed by atoms with E-state index in [1.165, 1.54) is 6.42 Å². The van der Waals surface area contributed by atoms with E-state index < -0.39 is 5.91 Å². The highest BCUT2D eigenvalue weighted by molar-refractivity contribution is 9.10. The lowest BCUT2D eigenvalue weighted by atomic mass is 9.92. The standard InChI is InChI=1S/C14H20BrN3O/c1-9(16)11-3-2-6-18(8-11)13-5-4-10(14(17)19)7-12(13)15/h4-5,7,9,11H,2-3,6,8,16H2,1H3,(H2,17,19). The van der Waals surface area contributed by atoms with Crippen LogP contribution in [0, 0.1) is 5.92 Å². The Morgan fingerprint density at radius 3 is 2.84 bits per heavy atom. The van der Waals surface area contributed by atoms with Crippen LogP contribution in [0.1, 0.15) is 30.1 Å². The molecule has 0 spiro atoms. The summed E-state index contributed by atoms with van der Waals surface area (Å²) in [7, 11) is 0. The van der Waals surface area contributed by atoms with Gasteiger partial charge in [0.25, 0.3) is 0 Å². The minimum absolute atomic E-state index is 0.214. The van der Waals surface area contributed by atoms with E-state index in [0.29, 0.717) is 11.5 Å². The number of carbonyl (C=O) groups is 1. The summed E-state index contributed by atoms with van der Waals surface area (Å²) in [4.78, 5) is 13.5. The number of anilines is 1. The van der Waals surface area contributed by atoms with Gasteiger partial charge < -0.3 is 16.4 Å². The number of benzene rings is 1. The Balaban J connectivity index is 2.19. The number of nitrogens with zero attached hydrogens (tertiary/aromatic N) is 1. The van der Waals surface area contributed by atoms with E-state index in [9.17, 15) is 4.79 Å². The molecule has 0 aliphatic carbocycles. The molecule has 1 aliphatic heterocycles. The van der Waals surface area contributed by atoms with Crippen molar-refractivity contribution in [2.75, 3.05) is 18.0 Å². The number of hydrogen-bond acceptors (Lipinski definition) is 3. The van der Waals surface area contributed by atoms with Gasteiger partial charge in [-0.2, -0.15) is 0 Å². The molecule has 1 aromatic carbocycles. The summed E-state index contributed by atoms with van der Waals surface area (Å²) >= 11 is 3.53. The molecule has 0 saturated carbocycles. The highest BCUT2D eigenvalue weighted by Gasteiger charge is 2.24. The van der Waals surface area contributed by atoms with Crippen LogP contribution in [-0.2, 0) is 0 Å². The van der Waals surface area contributed by atoms with Crippen molar-refractivity contribution in [3.63, 3.8) is 0 Å². The van der Waals surface area contributed by atoms with Gasteiger partial charge >= 0.3 is 0 Å². The predicted octanol–water partition coefficient (Wildman–Crippen LogP) is 2.11. The zero-order chi connectivity index (χ0) is 14.0. The molecule has 2 unspecified atom stereocenters. The molecule has 4 nitrogen and oxygen atoms in total. The second-order valence-corrected chi connectivity index (χ2v) is 6.09. The highest BCUT2D eigenvalue weighted by atomic mass is 79.9. The maximum absolute atomic E-state index is 11.2. The van der Waals surface area contributed by atoms with Gasteiger partial charge in [-0.1, -0.05) is 0 Å². The monoisotopic (exact) mass is 325 g/mol. The fourth-order valence-electron chi connectivity index (χ4n) is 2.57. The Labute approximate surface area is 122 Å². The van der Waals surface area contributed by atoms with Crippen LogP contribution in [0.4, 0.5) is 5.69 Å². The molecular formula is C14H20BrN3O. The van der Waals surface area contributed by atoms with E-state index in [1.807, 2.05) is 6.07 Å². The van der Waals surface area contributed by atoms with Gasteiger partial charge in [-0.3, -0.25) is 4.79 Å². The summed E-state index contributed by atoms with van der Waals surface area (Å²) in [6.45, 7) is 4.06. The lowest BCUT2D eigenvalue weighted by molar-refractivity contribution is 0.100. The molecular weight excluding hydrogens is 306 g/mol. The zero-order valence-electron chi connectivity index (χ0n) is 11.1. The second-order valence-electron chi connectivity index (χ2n) is 5.24. The molecule has 19 heavy (non-hydrogen) atoms. The van der Waals surface area contributed by atoms with Crippen LogP contribution >= 0.6 is 15.9 Å². The van der Waals surface area contributed by atoms with Gasteiger partial charge in [0.2, 0.25) is 5.91 Å². The number of rotatable bonds is 3. The van der Waals surface area contributed by atoms with E-state index in [1.54, 1.807) is 12.1 Å². The summed E-state index contributed by atoms with van der Waals surface area (Å²) in [5.41, 5.74) is 12.9. The molecule has 1 aromatic rings. The Kier molecular flexibility index (Phi) is 4.47. The Morgan fingerprint density at radius 1 is 1.53 bits per heavy atom. The van der Waals surface area contributed by atoms with Crippen LogP contribution in [0.15, 0.2) is 22.7 Å². The minimum Gasteiger partial charge on any atom is -0.370 e. The van der Waals surface area contributed by atoms with Gasteiger partial charge in [-0.25, -0.2) is 0 Å². The lowest BCUT2D eigenvalue weighted by Gasteiger charge is -2.36. The van der Waals surface area contributed by atoms with Gasteiger partial charge in [-0.05, 0) is 59.8 Å². The van der Waals surface area contributed by atoms with Crippen LogP contribution < -0.4 is 16.4 Å². The van der Waals surface area contributed by atoms with Crippen molar-refractivity contribution in [2.45, 2.75) is 25.8 Å². The molecule has 0 aromatic heterocycles. The van der Waals surface area contributed by atoms with Crippen LogP contribution in [0.2, 0.25) is 0 Å². The SMILES string of the molecule is CC(N)C1CCCN(c2ccc(C(N)=O)cc2Br)C1. The average Bonchev–Trinajstić information content (AvgIpc) is 2.38. The Bertz CT molecular complexity index is 476. The van der Waals surface area contributed by atoms with Crippen molar-refractivity contribution in [3.05, 3.63) is 28.2 Å². The van der Waals surface area contributed by atoms with Crippen molar-refractivity contribution < 1.29 is 4.79 Å². The van der Waals surface area contributed by atoms with Crippen molar-refractivity contribution in [1.29, 1.82) is 0 Å². The molecule has 104 valence electrons. The predicted molar refractivity (Wildman–Crippen MR) is 81.2 cm³/mol. The molecule has 1 heterocycles. The van der Waals surface area contributed by atoms with E-state index in [2.05, 4.69) is 27.8 Å². The number of halogens is 1. The van der Waals surface area contributed by atoms with E-state index in [0.717, 1.165) is 29.7 Å². The molecule has 2 rings (SSSR count). The van der Waals surface area contributed by atoms with Crippen molar-refractivity contribution in [2.24, 2.45) is 17.4 Å². The normalized spacial score (nSPS) is 21.2. The van der Waals surface area contributed by atoms with E-state index in [-0.39, 0.29) is 6.04 Å². The maximum Gasteiger partial charge on any atom is 0.248 e. The molecule has 5 heteroatoms. The fourth-order valence-corrected chi connectivity index (χ4v) is 3.20.